The van der Waals surface area contributed by atoms with Crippen LogP contribution in [-0.4, -0.2) is 40.3 Å². The average Bonchev–Trinajstić information content (AvgIpc) is 2.76. The molecule has 0 aliphatic heterocycles. The fourth-order valence-electron chi connectivity index (χ4n) is 2.81. The second-order valence-corrected chi connectivity index (χ2v) is 5.61. The summed E-state index contributed by atoms with van der Waals surface area (Å²) in [6.07, 6.45) is 3.99. The number of aromatic carboxylic acids is 1. The largest absolute Gasteiger partial charge is 0.478 e. The van der Waals surface area contributed by atoms with E-state index < -0.39 is 11.6 Å². The van der Waals surface area contributed by atoms with Crippen LogP contribution in [0.1, 0.15) is 41.6 Å². The Bertz CT molecular complexity index is 435. The van der Waals surface area contributed by atoms with Gasteiger partial charge in [0, 0.05) is 13.1 Å². The molecule has 4 nitrogen and oxygen atoms in total. The van der Waals surface area contributed by atoms with Crippen LogP contribution in [-0.2, 0) is 6.54 Å². The predicted molar refractivity (Wildman–Crippen MR) is 73.2 cm³/mol. The van der Waals surface area contributed by atoms with Crippen molar-refractivity contribution in [2.75, 3.05) is 13.6 Å². The maximum atomic E-state index is 10.8. The molecule has 104 valence electrons. The van der Waals surface area contributed by atoms with Gasteiger partial charge in [0.15, 0.2) is 0 Å². The van der Waals surface area contributed by atoms with E-state index in [1.165, 1.54) is 0 Å². The van der Waals surface area contributed by atoms with Crippen molar-refractivity contribution in [3.8, 4) is 0 Å². The van der Waals surface area contributed by atoms with Crippen molar-refractivity contribution in [2.45, 2.75) is 37.8 Å². The second kappa shape index (κ2) is 5.72. The van der Waals surface area contributed by atoms with Crippen molar-refractivity contribution in [1.29, 1.82) is 0 Å². The normalized spacial score (nSPS) is 17.8. The Morgan fingerprint density at radius 1 is 1.26 bits per heavy atom. The minimum Gasteiger partial charge on any atom is -0.478 e. The van der Waals surface area contributed by atoms with Crippen molar-refractivity contribution in [3.63, 3.8) is 0 Å². The number of rotatable bonds is 5. The zero-order valence-corrected chi connectivity index (χ0v) is 11.3. The maximum Gasteiger partial charge on any atom is 0.335 e. The predicted octanol–water partition coefficient (Wildman–Crippen LogP) is 2.12. The maximum absolute atomic E-state index is 10.8. The molecule has 2 N–H and O–H groups in total. The topological polar surface area (TPSA) is 60.8 Å². The lowest BCUT2D eigenvalue weighted by molar-refractivity contribution is 0.0145. The van der Waals surface area contributed by atoms with Crippen LogP contribution in [0.4, 0.5) is 0 Å². The lowest BCUT2D eigenvalue weighted by Gasteiger charge is -2.28. The zero-order chi connectivity index (χ0) is 13.9. The van der Waals surface area contributed by atoms with Gasteiger partial charge in [0.25, 0.3) is 0 Å². The molecule has 0 bridgehead atoms. The van der Waals surface area contributed by atoms with Crippen LogP contribution >= 0.6 is 0 Å². The molecule has 1 aliphatic rings. The first-order valence-corrected chi connectivity index (χ1v) is 6.72. The van der Waals surface area contributed by atoms with Crippen LogP contribution in [0.15, 0.2) is 24.3 Å². The van der Waals surface area contributed by atoms with Crippen LogP contribution < -0.4 is 0 Å². The van der Waals surface area contributed by atoms with Crippen molar-refractivity contribution in [3.05, 3.63) is 35.4 Å². The van der Waals surface area contributed by atoms with Crippen LogP contribution in [0.25, 0.3) is 0 Å². The SMILES string of the molecule is CN(Cc1ccc(C(=O)O)cc1)CC1(O)CCCC1. The van der Waals surface area contributed by atoms with E-state index in [0.29, 0.717) is 12.1 Å². The highest BCUT2D eigenvalue weighted by atomic mass is 16.4. The zero-order valence-electron chi connectivity index (χ0n) is 11.3. The van der Waals surface area contributed by atoms with Crippen LogP contribution in [0.5, 0.6) is 0 Å². The second-order valence-electron chi connectivity index (χ2n) is 5.61. The summed E-state index contributed by atoms with van der Waals surface area (Å²) in [5.74, 6) is -0.903. The summed E-state index contributed by atoms with van der Waals surface area (Å²) < 4.78 is 0. The highest BCUT2D eigenvalue weighted by Gasteiger charge is 2.31. The van der Waals surface area contributed by atoms with Crippen LogP contribution in [0.3, 0.4) is 0 Å². The fraction of sp³-hybridized carbons (Fsp3) is 0.533. The molecule has 0 spiro atoms. The minimum absolute atomic E-state index is 0.306. The van der Waals surface area contributed by atoms with Gasteiger partial charge in [-0.1, -0.05) is 25.0 Å². The van der Waals surface area contributed by atoms with Gasteiger partial charge < -0.3 is 10.2 Å². The van der Waals surface area contributed by atoms with Gasteiger partial charge >= 0.3 is 5.97 Å². The molecule has 0 unspecified atom stereocenters. The molecule has 1 saturated carbocycles. The molecular formula is C15H21NO3. The monoisotopic (exact) mass is 263 g/mol. The van der Waals surface area contributed by atoms with Gasteiger partial charge in [-0.2, -0.15) is 0 Å². The fourth-order valence-corrected chi connectivity index (χ4v) is 2.81. The molecule has 0 saturated heterocycles. The van der Waals surface area contributed by atoms with E-state index in [1.807, 2.05) is 19.2 Å². The van der Waals surface area contributed by atoms with E-state index in [2.05, 4.69) is 4.90 Å². The quantitative estimate of drug-likeness (QED) is 0.854. The Kier molecular flexibility index (Phi) is 4.22. The number of hydrogen-bond donors (Lipinski definition) is 2. The summed E-state index contributed by atoms with van der Waals surface area (Å²) in [7, 11) is 1.99. The van der Waals surface area contributed by atoms with Crippen molar-refractivity contribution < 1.29 is 15.0 Å². The number of carbonyl (C=O) groups is 1. The Hall–Kier alpha value is -1.39. The first-order valence-electron chi connectivity index (χ1n) is 6.72. The van der Waals surface area contributed by atoms with Gasteiger partial charge in [0.2, 0.25) is 0 Å². The highest BCUT2D eigenvalue weighted by molar-refractivity contribution is 5.87. The van der Waals surface area contributed by atoms with Gasteiger partial charge in [-0.15, -0.1) is 0 Å². The smallest absolute Gasteiger partial charge is 0.335 e. The molecule has 1 aliphatic carbocycles. The molecule has 0 heterocycles. The number of benzene rings is 1. The standard InChI is InChI=1S/C15H21NO3/c1-16(11-15(19)8-2-3-9-15)10-12-4-6-13(7-5-12)14(17)18/h4-7,19H,2-3,8-11H2,1H3,(H,17,18). The summed E-state index contributed by atoms with van der Waals surface area (Å²) in [5.41, 5.74) is 0.838. The van der Waals surface area contributed by atoms with Gasteiger partial charge in [0.1, 0.15) is 0 Å². The molecule has 0 radical (unpaired) electrons. The van der Waals surface area contributed by atoms with Gasteiger partial charge in [-0.25, -0.2) is 4.79 Å². The molecule has 19 heavy (non-hydrogen) atoms. The van der Waals surface area contributed by atoms with E-state index in [0.717, 1.165) is 37.8 Å². The Morgan fingerprint density at radius 2 is 1.84 bits per heavy atom. The molecule has 2 rings (SSSR count). The third kappa shape index (κ3) is 3.78. The van der Waals surface area contributed by atoms with E-state index >= 15 is 0 Å². The van der Waals surface area contributed by atoms with Gasteiger partial charge in [0.05, 0.1) is 11.2 Å². The lowest BCUT2D eigenvalue weighted by atomic mass is 10.0. The number of likely N-dealkylation sites (N-methyl/N-ethyl adjacent to an activating group) is 1. The highest BCUT2D eigenvalue weighted by Crippen LogP contribution is 2.30. The molecule has 1 aromatic rings. The van der Waals surface area contributed by atoms with E-state index in [-0.39, 0.29) is 0 Å². The van der Waals surface area contributed by atoms with Crippen LogP contribution in [0.2, 0.25) is 0 Å². The molecule has 4 heteroatoms. The Morgan fingerprint density at radius 3 is 2.37 bits per heavy atom. The first-order chi connectivity index (χ1) is 8.98. The number of carboxylic acids is 1. The molecular weight excluding hydrogens is 242 g/mol. The third-order valence-corrected chi connectivity index (χ3v) is 3.75. The summed E-state index contributed by atoms with van der Waals surface area (Å²) in [4.78, 5) is 12.9. The number of nitrogens with zero attached hydrogens (tertiary/aromatic N) is 1. The molecule has 0 aromatic heterocycles. The first kappa shape index (κ1) is 14.0. The van der Waals surface area contributed by atoms with Crippen molar-refractivity contribution in [2.24, 2.45) is 0 Å². The molecule has 1 fully saturated rings. The van der Waals surface area contributed by atoms with Crippen LogP contribution in [0, 0.1) is 0 Å². The van der Waals surface area contributed by atoms with Crippen molar-refractivity contribution in [1.82, 2.24) is 4.90 Å². The number of aliphatic hydroxyl groups is 1. The van der Waals surface area contributed by atoms with E-state index in [9.17, 15) is 9.90 Å². The summed E-state index contributed by atoms with van der Waals surface area (Å²) in [6.45, 7) is 1.40. The van der Waals surface area contributed by atoms with Gasteiger partial charge in [-0.05, 0) is 37.6 Å². The lowest BCUT2D eigenvalue weighted by Crippen LogP contribution is -2.38. The molecule has 0 amide bonds. The Labute approximate surface area is 113 Å². The number of hydrogen-bond acceptors (Lipinski definition) is 3. The number of carboxylic acid groups (broad SMARTS) is 1. The third-order valence-electron chi connectivity index (χ3n) is 3.75. The summed E-state index contributed by atoms with van der Waals surface area (Å²) in [6, 6.07) is 6.91. The minimum atomic E-state index is -0.903. The summed E-state index contributed by atoms with van der Waals surface area (Å²) >= 11 is 0. The average molecular weight is 263 g/mol. The Balaban J connectivity index is 1.91. The van der Waals surface area contributed by atoms with Gasteiger partial charge in [-0.3, -0.25) is 4.90 Å². The van der Waals surface area contributed by atoms with E-state index in [1.54, 1.807) is 12.1 Å². The molecule has 0 atom stereocenters. The molecule has 1 aromatic carbocycles. The van der Waals surface area contributed by atoms with E-state index in [4.69, 9.17) is 5.11 Å². The summed E-state index contributed by atoms with van der Waals surface area (Å²) in [5, 5.41) is 19.2. The van der Waals surface area contributed by atoms with Crippen molar-refractivity contribution >= 4 is 5.97 Å².